The standard InChI is InChI=1S/C20H26O7/c1-5-20(19(23)24-4,27-13-16-10-8-7-9-11-16)12-17(14-26-15(3)21)18(22)25-6-2/h7-12H,5-6,13-14H2,1-4H3/b17-12+/t20-/m1/s1. The van der Waals surface area contributed by atoms with Crippen LogP contribution in [0.2, 0.25) is 0 Å². The van der Waals surface area contributed by atoms with Crippen LogP contribution in [0.3, 0.4) is 0 Å². The van der Waals surface area contributed by atoms with Crippen molar-refractivity contribution in [3.05, 3.63) is 47.5 Å². The molecule has 1 rings (SSSR count). The van der Waals surface area contributed by atoms with E-state index in [1.165, 1.54) is 20.1 Å². The molecule has 148 valence electrons. The quantitative estimate of drug-likeness (QED) is 0.351. The predicted molar refractivity (Wildman–Crippen MR) is 97.6 cm³/mol. The summed E-state index contributed by atoms with van der Waals surface area (Å²) in [6, 6.07) is 9.28. The molecule has 1 aromatic rings. The summed E-state index contributed by atoms with van der Waals surface area (Å²) in [4.78, 5) is 35.9. The third-order valence-corrected chi connectivity index (χ3v) is 3.77. The smallest absolute Gasteiger partial charge is 0.342 e. The Labute approximate surface area is 159 Å². The fourth-order valence-electron chi connectivity index (χ4n) is 2.31. The highest BCUT2D eigenvalue weighted by Gasteiger charge is 2.38. The average molecular weight is 378 g/mol. The van der Waals surface area contributed by atoms with Crippen LogP contribution in [-0.2, 0) is 39.9 Å². The molecule has 0 fully saturated rings. The van der Waals surface area contributed by atoms with Crippen molar-refractivity contribution in [1.82, 2.24) is 0 Å². The minimum Gasteiger partial charge on any atom is -0.467 e. The zero-order chi connectivity index (χ0) is 20.3. The minimum atomic E-state index is -1.52. The van der Waals surface area contributed by atoms with Crippen LogP contribution in [0.5, 0.6) is 0 Å². The van der Waals surface area contributed by atoms with E-state index >= 15 is 0 Å². The number of ether oxygens (including phenoxy) is 4. The largest absolute Gasteiger partial charge is 0.467 e. The Morgan fingerprint density at radius 1 is 1.07 bits per heavy atom. The monoisotopic (exact) mass is 378 g/mol. The molecule has 0 bridgehead atoms. The van der Waals surface area contributed by atoms with Crippen molar-refractivity contribution in [2.24, 2.45) is 0 Å². The van der Waals surface area contributed by atoms with E-state index in [2.05, 4.69) is 0 Å². The lowest BCUT2D eigenvalue weighted by atomic mass is 9.96. The van der Waals surface area contributed by atoms with Crippen LogP contribution in [0, 0.1) is 0 Å². The highest BCUT2D eigenvalue weighted by molar-refractivity contribution is 5.92. The number of hydrogen-bond donors (Lipinski definition) is 0. The second-order valence-electron chi connectivity index (χ2n) is 5.68. The van der Waals surface area contributed by atoms with Crippen molar-refractivity contribution < 1.29 is 33.3 Å². The van der Waals surface area contributed by atoms with Crippen LogP contribution in [0.1, 0.15) is 32.8 Å². The maximum atomic E-state index is 12.5. The van der Waals surface area contributed by atoms with E-state index in [0.29, 0.717) is 0 Å². The van der Waals surface area contributed by atoms with Gasteiger partial charge in [0.2, 0.25) is 0 Å². The summed E-state index contributed by atoms with van der Waals surface area (Å²) in [7, 11) is 1.24. The van der Waals surface area contributed by atoms with Gasteiger partial charge in [-0.2, -0.15) is 0 Å². The Morgan fingerprint density at radius 3 is 2.26 bits per heavy atom. The molecule has 0 saturated carbocycles. The molecule has 0 unspecified atom stereocenters. The lowest BCUT2D eigenvalue weighted by Gasteiger charge is -2.28. The number of benzene rings is 1. The minimum absolute atomic E-state index is 0.00682. The number of carbonyl (C=O) groups excluding carboxylic acids is 3. The Balaban J connectivity index is 3.22. The molecule has 7 heteroatoms. The van der Waals surface area contributed by atoms with E-state index in [-0.39, 0.29) is 31.8 Å². The Morgan fingerprint density at radius 2 is 1.74 bits per heavy atom. The first-order chi connectivity index (χ1) is 12.9. The molecule has 0 saturated heterocycles. The third kappa shape index (κ3) is 6.86. The van der Waals surface area contributed by atoms with Crippen LogP contribution < -0.4 is 0 Å². The first-order valence-corrected chi connectivity index (χ1v) is 8.67. The average Bonchev–Trinajstić information content (AvgIpc) is 2.68. The number of hydrogen-bond acceptors (Lipinski definition) is 7. The first kappa shape index (κ1) is 22.4. The zero-order valence-electron chi connectivity index (χ0n) is 16.2. The summed E-state index contributed by atoms with van der Waals surface area (Å²) in [5.41, 5.74) is -0.662. The fourth-order valence-corrected chi connectivity index (χ4v) is 2.31. The summed E-state index contributed by atoms with van der Waals surface area (Å²) in [6.07, 6.45) is 1.53. The van der Waals surface area contributed by atoms with E-state index < -0.39 is 23.5 Å². The summed E-state index contributed by atoms with van der Waals surface area (Å²) >= 11 is 0. The lowest BCUT2D eigenvalue weighted by molar-refractivity contribution is -0.165. The van der Waals surface area contributed by atoms with Gasteiger partial charge in [0.25, 0.3) is 0 Å². The van der Waals surface area contributed by atoms with Gasteiger partial charge in [-0.3, -0.25) is 4.79 Å². The fraction of sp³-hybridized carbons (Fsp3) is 0.450. The van der Waals surface area contributed by atoms with E-state index in [0.717, 1.165) is 5.56 Å². The van der Waals surface area contributed by atoms with Gasteiger partial charge in [0.05, 0.1) is 25.9 Å². The van der Waals surface area contributed by atoms with Gasteiger partial charge in [-0.15, -0.1) is 0 Å². The SMILES string of the molecule is CCOC(=O)/C(=C/[C@@](CC)(OCc1ccccc1)C(=O)OC)COC(C)=O. The van der Waals surface area contributed by atoms with Gasteiger partial charge in [0.15, 0.2) is 5.60 Å². The van der Waals surface area contributed by atoms with Crippen LogP contribution in [0.25, 0.3) is 0 Å². The number of carbonyl (C=O) groups is 3. The van der Waals surface area contributed by atoms with Crippen molar-refractivity contribution in [3.8, 4) is 0 Å². The van der Waals surface area contributed by atoms with Gasteiger partial charge < -0.3 is 18.9 Å². The summed E-state index contributed by atoms with van der Waals surface area (Å²) in [5, 5.41) is 0. The van der Waals surface area contributed by atoms with Gasteiger partial charge in [-0.1, -0.05) is 37.3 Å². The van der Waals surface area contributed by atoms with E-state index in [9.17, 15) is 14.4 Å². The molecule has 0 radical (unpaired) electrons. The molecule has 0 aliphatic heterocycles. The predicted octanol–water partition coefficient (Wildman–Crippen LogP) is 2.58. The van der Waals surface area contributed by atoms with Crippen molar-refractivity contribution in [2.75, 3.05) is 20.3 Å². The van der Waals surface area contributed by atoms with E-state index in [4.69, 9.17) is 18.9 Å². The maximum absolute atomic E-state index is 12.5. The van der Waals surface area contributed by atoms with E-state index in [1.54, 1.807) is 13.8 Å². The highest BCUT2D eigenvalue weighted by atomic mass is 16.6. The number of rotatable bonds is 10. The van der Waals surface area contributed by atoms with Gasteiger partial charge in [0.1, 0.15) is 6.61 Å². The molecular weight excluding hydrogens is 352 g/mol. The van der Waals surface area contributed by atoms with Gasteiger partial charge in [-0.25, -0.2) is 9.59 Å². The van der Waals surface area contributed by atoms with Crippen LogP contribution in [0.4, 0.5) is 0 Å². The lowest BCUT2D eigenvalue weighted by Crippen LogP contribution is -2.41. The molecule has 0 N–H and O–H groups in total. The molecule has 27 heavy (non-hydrogen) atoms. The van der Waals surface area contributed by atoms with Crippen molar-refractivity contribution >= 4 is 17.9 Å². The molecule has 0 heterocycles. The summed E-state index contributed by atoms with van der Waals surface area (Å²) < 4.78 is 20.7. The molecule has 0 aromatic heterocycles. The topological polar surface area (TPSA) is 88.1 Å². The maximum Gasteiger partial charge on any atom is 0.342 e. The van der Waals surface area contributed by atoms with Gasteiger partial charge >= 0.3 is 17.9 Å². The molecule has 1 atom stereocenters. The highest BCUT2D eigenvalue weighted by Crippen LogP contribution is 2.24. The molecule has 1 aromatic carbocycles. The van der Waals surface area contributed by atoms with Gasteiger partial charge in [0, 0.05) is 6.92 Å². The molecule has 7 nitrogen and oxygen atoms in total. The zero-order valence-corrected chi connectivity index (χ0v) is 16.2. The normalized spacial score (nSPS) is 13.4. The Bertz CT molecular complexity index is 666. The molecule has 0 amide bonds. The molecule has 0 aliphatic rings. The second-order valence-corrected chi connectivity index (χ2v) is 5.68. The molecule has 0 spiro atoms. The van der Waals surface area contributed by atoms with E-state index in [1.807, 2.05) is 30.3 Å². The van der Waals surface area contributed by atoms with Crippen LogP contribution >= 0.6 is 0 Å². The van der Waals surface area contributed by atoms with Crippen LogP contribution in [0.15, 0.2) is 42.0 Å². The Hall–Kier alpha value is -2.67. The first-order valence-electron chi connectivity index (χ1n) is 8.67. The third-order valence-electron chi connectivity index (χ3n) is 3.77. The summed E-state index contributed by atoms with van der Waals surface area (Å²) in [6.45, 7) is 4.54. The number of methoxy groups -OCH3 is 1. The molecule has 0 aliphatic carbocycles. The number of esters is 3. The summed E-state index contributed by atoms with van der Waals surface area (Å²) in [5.74, 6) is -1.91. The van der Waals surface area contributed by atoms with Crippen molar-refractivity contribution in [3.63, 3.8) is 0 Å². The van der Waals surface area contributed by atoms with Crippen molar-refractivity contribution in [1.29, 1.82) is 0 Å². The molecular formula is C20H26O7. The van der Waals surface area contributed by atoms with Crippen LogP contribution in [-0.4, -0.2) is 43.8 Å². The van der Waals surface area contributed by atoms with Crippen molar-refractivity contribution in [2.45, 2.75) is 39.4 Å². The second kappa shape index (κ2) is 11.1. The Kier molecular flexibility index (Phi) is 9.22. The van der Waals surface area contributed by atoms with Gasteiger partial charge in [-0.05, 0) is 25.0 Å².